The van der Waals surface area contributed by atoms with Crippen molar-refractivity contribution in [2.24, 2.45) is 0 Å². The van der Waals surface area contributed by atoms with E-state index in [0.717, 1.165) is 28.9 Å². The molecule has 0 amide bonds. The number of nitrogen functional groups attached to an aromatic ring is 1. The van der Waals surface area contributed by atoms with Gasteiger partial charge >= 0.3 is 0 Å². The Balaban J connectivity index is 1.68. The maximum Gasteiger partial charge on any atom is 0.240 e. The van der Waals surface area contributed by atoms with Crippen LogP contribution in [0.15, 0.2) is 55.0 Å². The minimum absolute atomic E-state index is 0.282. The summed E-state index contributed by atoms with van der Waals surface area (Å²) in [5, 5.41) is 8.64. The van der Waals surface area contributed by atoms with E-state index in [2.05, 4.69) is 33.4 Å². The molecule has 3 aromatic heterocycles. The van der Waals surface area contributed by atoms with Gasteiger partial charge in [-0.1, -0.05) is 30.3 Å². The number of fused-ring (bicyclic) bond motifs is 1. The van der Waals surface area contributed by atoms with Crippen LogP contribution in [0.4, 0.5) is 5.95 Å². The molecule has 6 nitrogen and oxygen atoms in total. The Labute approximate surface area is 133 Å². The van der Waals surface area contributed by atoms with E-state index in [1.807, 2.05) is 48.4 Å². The van der Waals surface area contributed by atoms with Crippen LogP contribution in [0.25, 0.3) is 16.8 Å². The van der Waals surface area contributed by atoms with Crippen LogP contribution in [0, 0.1) is 6.92 Å². The number of anilines is 1. The molecule has 23 heavy (non-hydrogen) atoms. The van der Waals surface area contributed by atoms with Gasteiger partial charge in [0.25, 0.3) is 0 Å². The average molecular weight is 304 g/mol. The highest BCUT2D eigenvalue weighted by atomic mass is 15.3. The lowest BCUT2D eigenvalue weighted by atomic mass is 10.1. The van der Waals surface area contributed by atoms with Gasteiger partial charge in [-0.2, -0.15) is 10.1 Å². The zero-order chi connectivity index (χ0) is 15.8. The lowest BCUT2D eigenvalue weighted by Crippen LogP contribution is -1.99. The Bertz CT molecular complexity index is 967. The summed E-state index contributed by atoms with van der Waals surface area (Å²) in [6.45, 7) is 2.75. The number of aryl methyl sites for hydroxylation is 1. The van der Waals surface area contributed by atoms with E-state index in [4.69, 9.17) is 5.73 Å². The third-order valence-corrected chi connectivity index (χ3v) is 3.79. The molecular formula is C17H16N6. The lowest BCUT2D eigenvalue weighted by Gasteiger charge is -2.02. The minimum atomic E-state index is 0.282. The van der Waals surface area contributed by atoms with Crippen molar-refractivity contribution in [3.8, 4) is 11.1 Å². The van der Waals surface area contributed by atoms with Gasteiger partial charge in [-0.05, 0) is 24.1 Å². The number of benzene rings is 1. The number of hydrogen-bond donors (Lipinski definition) is 1. The third kappa shape index (κ3) is 2.55. The van der Waals surface area contributed by atoms with Crippen molar-refractivity contribution in [1.82, 2.24) is 24.4 Å². The normalized spacial score (nSPS) is 11.2. The molecule has 0 spiro atoms. The van der Waals surface area contributed by atoms with Gasteiger partial charge in [-0.25, -0.2) is 4.52 Å². The lowest BCUT2D eigenvalue weighted by molar-refractivity contribution is 0.687. The quantitative estimate of drug-likeness (QED) is 0.631. The largest absolute Gasteiger partial charge is 0.366 e. The van der Waals surface area contributed by atoms with Crippen LogP contribution in [0.5, 0.6) is 0 Å². The molecule has 4 rings (SSSR count). The van der Waals surface area contributed by atoms with Crippen LogP contribution in [-0.2, 0) is 6.54 Å². The van der Waals surface area contributed by atoms with Crippen molar-refractivity contribution < 1.29 is 0 Å². The van der Waals surface area contributed by atoms with E-state index in [-0.39, 0.29) is 5.95 Å². The predicted octanol–water partition coefficient (Wildman–Crippen LogP) is 2.53. The van der Waals surface area contributed by atoms with Crippen LogP contribution in [0.2, 0.25) is 0 Å². The summed E-state index contributed by atoms with van der Waals surface area (Å²) in [7, 11) is 0. The van der Waals surface area contributed by atoms with Crippen molar-refractivity contribution in [3.05, 3.63) is 66.1 Å². The number of nitrogens with two attached hydrogens (primary N) is 1. The van der Waals surface area contributed by atoms with Gasteiger partial charge in [-0.3, -0.25) is 4.68 Å². The number of hydrogen-bond acceptors (Lipinski definition) is 4. The number of nitrogens with zero attached hydrogens (tertiary/aromatic N) is 5. The molecule has 2 N–H and O–H groups in total. The summed E-state index contributed by atoms with van der Waals surface area (Å²) in [5.74, 6) is 0.282. The van der Waals surface area contributed by atoms with E-state index in [9.17, 15) is 0 Å². The van der Waals surface area contributed by atoms with Gasteiger partial charge in [0.2, 0.25) is 5.95 Å². The maximum absolute atomic E-state index is 5.68. The molecule has 0 saturated heterocycles. The topological polar surface area (TPSA) is 74.0 Å². The molecule has 0 atom stereocenters. The van der Waals surface area contributed by atoms with Crippen LogP contribution >= 0.6 is 0 Å². The fourth-order valence-electron chi connectivity index (χ4n) is 2.69. The van der Waals surface area contributed by atoms with Gasteiger partial charge in [0.1, 0.15) is 0 Å². The summed E-state index contributed by atoms with van der Waals surface area (Å²) in [6.07, 6.45) is 5.83. The van der Waals surface area contributed by atoms with Gasteiger partial charge < -0.3 is 5.73 Å². The molecular weight excluding hydrogens is 288 g/mol. The number of aromatic nitrogens is 5. The SMILES string of the molecule is Cc1cc(-c2cnn(Cc3ccccc3)c2)cn2nc(N)nc12. The fourth-order valence-corrected chi connectivity index (χ4v) is 2.69. The van der Waals surface area contributed by atoms with Gasteiger partial charge in [0.05, 0.1) is 12.7 Å². The van der Waals surface area contributed by atoms with Crippen LogP contribution in [0.1, 0.15) is 11.1 Å². The van der Waals surface area contributed by atoms with Crippen molar-refractivity contribution in [2.75, 3.05) is 5.73 Å². The predicted molar refractivity (Wildman–Crippen MR) is 88.9 cm³/mol. The Hall–Kier alpha value is -3.15. The smallest absolute Gasteiger partial charge is 0.240 e. The molecule has 0 radical (unpaired) electrons. The summed E-state index contributed by atoms with van der Waals surface area (Å²) >= 11 is 0. The van der Waals surface area contributed by atoms with Crippen LogP contribution in [-0.4, -0.2) is 24.4 Å². The Morgan fingerprint density at radius 1 is 1.09 bits per heavy atom. The highest BCUT2D eigenvalue weighted by Gasteiger charge is 2.09. The monoisotopic (exact) mass is 304 g/mol. The summed E-state index contributed by atoms with van der Waals surface area (Å²) in [4.78, 5) is 4.22. The maximum atomic E-state index is 5.68. The van der Waals surface area contributed by atoms with E-state index < -0.39 is 0 Å². The average Bonchev–Trinajstić information content (AvgIpc) is 3.14. The molecule has 0 aliphatic carbocycles. The fraction of sp³-hybridized carbons (Fsp3) is 0.118. The molecule has 0 aliphatic heterocycles. The highest BCUT2D eigenvalue weighted by Crippen LogP contribution is 2.22. The van der Waals surface area contributed by atoms with Crippen LogP contribution in [0.3, 0.4) is 0 Å². The van der Waals surface area contributed by atoms with Crippen molar-refractivity contribution in [2.45, 2.75) is 13.5 Å². The first-order valence-electron chi connectivity index (χ1n) is 7.38. The first-order chi connectivity index (χ1) is 11.2. The molecule has 4 aromatic rings. The van der Waals surface area contributed by atoms with Gasteiger partial charge in [0, 0.05) is 23.5 Å². The standard InChI is InChI=1S/C17H16N6/c1-12-7-14(11-23-16(12)20-17(18)21-23)15-8-19-22(10-15)9-13-5-3-2-4-6-13/h2-8,10-11H,9H2,1H3,(H2,18,21). The van der Waals surface area contributed by atoms with E-state index >= 15 is 0 Å². The van der Waals surface area contributed by atoms with Crippen molar-refractivity contribution in [3.63, 3.8) is 0 Å². The summed E-state index contributed by atoms with van der Waals surface area (Å²) in [5.41, 5.74) is 10.8. The highest BCUT2D eigenvalue weighted by molar-refractivity contribution is 5.65. The second-order valence-electron chi connectivity index (χ2n) is 5.56. The van der Waals surface area contributed by atoms with E-state index in [1.54, 1.807) is 4.52 Å². The first-order valence-corrected chi connectivity index (χ1v) is 7.38. The Morgan fingerprint density at radius 2 is 1.91 bits per heavy atom. The molecule has 0 bridgehead atoms. The number of pyridine rings is 1. The molecule has 3 heterocycles. The molecule has 1 aromatic carbocycles. The molecule has 0 aliphatic rings. The molecule has 0 unspecified atom stereocenters. The third-order valence-electron chi connectivity index (χ3n) is 3.79. The number of rotatable bonds is 3. The van der Waals surface area contributed by atoms with Crippen molar-refractivity contribution in [1.29, 1.82) is 0 Å². The molecule has 114 valence electrons. The Morgan fingerprint density at radius 3 is 2.74 bits per heavy atom. The van der Waals surface area contributed by atoms with Crippen molar-refractivity contribution >= 4 is 11.6 Å². The van der Waals surface area contributed by atoms with E-state index in [0.29, 0.717) is 0 Å². The minimum Gasteiger partial charge on any atom is -0.366 e. The summed E-state index contributed by atoms with van der Waals surface area (Å²) in [6, 6.07) is 12.3. The second-order valence-corrected chi connectivity index (χ2v) is 5.56. The molecule has 6 heteroatoms. The second kappa shape index (κ2) is 5.24. The Kier molecular flexibility index (Phi) is 3.08. The zero-order valence-corrected chi connectivity index (χ0v) is 12.7. The van der Waals surface area contributed by atoms with Gasteiger partial charge in [0.15, 0.2) is 5.65 Å². The zero-order valence-electron chi connectivity index (χ0n) is 12.7. The van der Waals surface area contributed by atoms with Crippen LogP contribution < -0.4 is 5.73 Å². The molecule has 0 fully saturated rings. The van der Waals surface area contributed by atoms with Gasteiger partial charge in [-0.15, -0.1) is 5.10 Å². The van der Waals surface area contributed by atoms with E-state index in [1.165, 1.54) is 5.56 Å². The summed E-state index contributed by atoms with van der Waals surface area (Å²) < 4.78 is 3.65. The molecule has 0 saturated carbocycles. The first kappa shape index (κ1) is 13.5.